The van der Waals surface area contributed by atoms with Gasteiger partial charge in [-0.1, -0.05) is 0 Å². The van der Waals surface area contributed by atoms with Crippen molar-refractivity contribution in [3.05, 3.63) is 0 Å². The molecule has 89 valence electrons. The van der Waals surface area contributed by atoms with Gasteiger partial charge < -0.3 is 0 Å². The molecule has 0 aliphatic rings. The van der Waals surface area contributed by atoms with Crippen LogP contribution in [0.2, 0.25) is 0 Å². The van der Waals surface area contributed by atoms with Gasteiger partial charge in [0.05, 0.1) is 0 Å². The molecule has 0 fully saturated rings. The molecule has 0 saturated carbocycles. The summed E-state index contributed by atoms with van der Waals surface area (Å²) in [6.45, 7) is 11.2. The molecule has 0 radical (unpaired) electrons. The second-order valence-corrected chi connectivity index (χ2v) is 3.97. The zero-order valence-electron chi connectivity index (χ0n) is 10.3. The van der Waals surface area contributed by atoms with Gasteiger partial charge in [-0.25, -0.2) is 0 Å². The maximum atomic E-state index is 5.63. The van der Waals surface area contributed by atoms with Crippen LogP contribution in [0.5, 0.6) is 0 Å². The Bertz CT molecular complexity index is 167. The first kappa shape index (κ1) is 15.7. The molecule has 0 amide bonds. The van der Waals surface area contributed by atoms with E-state index in [2.05, 4.69) is 0 Å². The molecular weight excluding hydrogens is 275 g/mol. The van der Waals surface area contributed by atoms with Crippen LogP contribution in [-0.2, 0) is 42.2 Å². The third kappa shape index (κ3) is 3.90. The SMILES string of the molecule is CCOC(C)(C)C([O][Zr])(OCC)OCC. The van der Waals surface area contributed by atoms with Crippen molar-refractivity contribution in [2.24, 2.45) is 0 Å². The van der Waals surface area contributed by atoms with Crippen molar-refractivity contribution in [1.82, 2.24) is 0 Å². The molecule has 0 aliphatic heterocycles. The fourth-order valence-corrected chi connectivity index (χ4v) is 2.29. The summed E-state index contributed by atoms with van der Waals surface area (Å²) in [5.74, 6) is -1.09. The van der Waals surface area contributed by atoms with E-state index in [1.165, 1.54) is 0 Å². The zero-order valence-corrected chi connectivity index (χ0v) is 12.7. The number of ether oxygens (including phenoxy) is 3. The second-order valence-electron chi connectivity index (χ2n) is 3.47. The van der Waals surface area contributed by atoms with E-state index in [0.717, 1.165) is 25.2 Å². The molecule has 0 saturated heterocycles. The standard InChI is InChI=1S/C10H21O4.Zr/c1-6-12-9(4,5)10(11,13-7-2)14-8-3;/h6-8H2,1-5H3;/q-1;+1. The van der Waals surface area contributed by atoms with Crippen molar-refractivity contribution in [2.75, 3.05) is 19.8 Å². The summed E-state index contributed by atoms with van der Waals surface area (Å²) >= 11 is 0.895. The molecule has 0 unspecified atom stereocenters. The van der Waals surface area contributed by atoms with Crippen molar-refractivity contribution >= 4 is 0 Å². The summed E-state index contributed by atoms with van der Waals surface area (Å²) in [6.07, 6.45) is 0. The monoisotopic (exact) mass is 295 g/mol. The van der Waals surface area contributed by atoms with Gasteiger partial charge in [-0.05, 0) is 0 Å². The Morgan fingerprint density at radius 1 is 0.867 bits per heavy atom. The molecule has 15 heavy (non-hydrogen) atoms. The Morgan fingerprint density at radius 3 is 1.53 bits per heavy atom. The Morgan fingerprint density at radius 2 is 1.27 bits per heavy atom. The number of hydrogen-bond acceptors (Lipinski definition) is 4. The molecule has 5 heteroatoms. The van der Waals surface area contributed by atoms with Crippen molar-refractivity contribution in [3.63, 3.8) is 0 Å². The zero-order chi connectivity index (χ0) is 11.9. The van der Waals surface area contributed by atoms with Gasteiger partial charge in [0.25, 0.3) is 0 Å². The van der Waals surface area contributed by atoms with Crippen molar-refractivity contribution in [1.29, 1.82) is 0 Å². The van der Waals surface area contributed by atoms with E-state index in [-0.39, 0.29) is 0 Å². The predicted octanol–water partition coefficient (Wildman–Crippen LogP) is 2.01. The van der Waals surface area contributed by atoms with E-state index < -0.39 is 11.6 Å². The van der Waals surface area contributed by atoms with Crippen LogP contribution in [0.4, 0.5) is 0 Å². The average molecular weight is 296 g/mol. The van der Waals surface area contributed by atoms with Gasteiger partial charge in [-0.3, -0.25) is 0 Å². The molecule has 0 atom stereocenters. The van der Waals surface area contributed by atoms with Crippen molar-refractivity contribution in [2.45, 2.75) is 46.2 Å². The third-order valence-electron chi connectivity index (χ3n) is 2.05. The fraction of sp³-hybridized carbons (Fsp3) is 1.00. The van der Waals surface area contributed by atoms with Crippen molar-refractivity contribution < 1.29 is 42.2 Å². The molecule has 0 spiro atoms. The Labute approximate surface area is 108 Å². The van der Waals surface area contributed by atoms with E-state index >= 15 is 0 Å². The minimum absolute atomic E-state index is 0.519. The fourth-order valence-electron chi connectivity index (χ4n) is 1.40. The van der Waals surface area contributed by atoms with Gasteiger partial charge in [-0.15, -0.1) is 0 Å². The normalized spacial score (nSPS) is 13.1. The van der Waals surface area contributed by atoms with Crippen LogP contribution in [0.25, 0.3) is 0 Å². The van der Waals surface area contributed by atoms with Gasteiger partial charge in [0.15, 0.2) is 0 Å². The van der Waals surface area contributed by atoms with E-state index in [1.807, 2.05) is 34.6 Å². The van der Waals surface area contributed by atoms with Crippen molar-refractivity contribution in [3.8, 4) is 0 Å². The Kier molecular flexibility index (Phi) is 7.47. The van der Waals surface area contributed by atoms with E-state index in [1.54, 1.807) is 0 Å². The quantitative estimate of drug-likeness (QED) is 0.642. The van der Waals surface area contributed by atoms with E-state index in [9.17, 15) is 0 Å². The van der Waals surface area contributed by atoms with Crippen LogP contribution >= 0.6 is 0 Å². The van der Waals surface area contributed by atoms with Gasteiger partial charge >= 0.3 is 108 Å². The van der Waals surface area contributed by atoms with E-state index in [0.29, 0.717) is 19.8 Å². The number of rotatable bonds is 8. The molecule has 0 bridgehead atoms. The topological polar surface area (TPSA) is 36.9 Å². The molecule has 0 heterocycles. The minimum atomic E-state index is -1.09. The maximum absolute atomic E-state index is 5.63. The molecular formula is C10H21O4Zr. The first-order chi connectivity index (χ1) is 6.99. The van der Waals surface area contributed by atoms with Crippen LogP contribution in [0.3, 0.4) is 0 Å². The Hall–Kier alpha value is 0.723. The molecule has 4 nitrogen and oxygen atoms in total. The van der Waals surface area contributed by atoms with Crippen LogP contribution < -0.4 is 0 Å². The summed E-state index contributed by atoms with van der Waals surface area (Å²) in [5.41, 5.74) is -0.628. The third-order valence-corrected chi connectivity index (χ3v) is 2.71. The Balaban J connectivity index is 4.84. The van der Waals surface area contributed by atoms with E-state index in [4.69, 9.17) is 17.0 Å². The van der Waals surface area contributed by atoms with Gasteiger partial charge in [-0.2, -0.15) is 0 Å². The van der Waals surface area contributed by atoms with Gasteiger partial charge in [0.1, 0.15) is 0 Å². The average Bonchev–Trinajstić information content (AvgIpc) is 2.17. The van der Waals surface area contributed by atoms with Crippen LogP contribution in [0, 0.1) is 0 Å². The molecule has 0 aliphatic carbocycles. The summed E-state index contributed by atoms with van der Waals surface area (Å²) in [7, 11) is 0. The van der Waals surface area contributed by atoms with Gasteiger partial charge in [0, 0.05) is 0 Å². The molecule has 0 aromatic rings. The summed E-state index contributed by atoms with van der Waals surface area (Å²) in [4.78, 5) is 0. The van der Waals surface area contributed by atoms with Crippen LogP contribution in [-0.4, -0.2) is 31.4 Å². The number of hydrogen-bond donors (Lipinski definition) is 0. The summed E-state index contributed by atoms with van der Waals surface area (Å²) in [6, 6.07) is 0. The molecule has 0 aromatic heterocycles. The first-order valence-corrected chi connectivity index (χ1v) is 6.26. The summed E-state index contributed by atoms with van der Waals surface area (Å²) < 4.78 is 22.3. The summed E-state index contributed by atoms with van der Waals surface area (Å²) in [5, 5.41) is 0. The van der Waals surface area contributed by atoms with Crippen LogP contribution in [0.1, 0.15) is 34.6 Å². The molecule has 0 rings (SSSR count). The molecule has 0 N–H and O–H groups in total. The van der Waals surface area contributed by atoms with Gasteiger partial charge in [0.2, 0.25) is 0 Å². The molecule has 0 aromatic carbocycles. The first-order valence-electron chi connectivity index (χ1n) is 5.26. The van der Waals surface area contributed by atoms with Crippen LogP contribution in [0.15, 0.2) is 0 Å². The predicted molar refractivity (Wildman–Crippen MR) is 52.8 cm³/mol. The second kappa shape index (κ2) is 7.13.